The van der Waals surface area contributed by atoms with Gasteiger partial charge in [0.2, 0.25) is 5.91 Å². The lowest BCUT2D eigenvalue weighted by molar-refractivity contribution is -0.910. The summed E-state index contributed by atoms with van der Waals surface area (Å²) < 4.78 is 0. The van der Waals surface area contributed by atoms with Crippen LogP contribution in [-0.2, 0) is 17.9 Å². The summed E-state index contributed by atoms with van der Waals surface area (Å²) in [6.45, 7) is 9.99. The van der Waals surface area contributed by atoms with E-state index in [9.17, 15) is 9.59 Å². The van der Waals surface area contributed by atoms with Crippen molar-refractivity contribution < 1.29 is 14.5 Å². The van der Waals surface area contributed by atoms with E-state index in [1.165, 1.54) is 5.56 Å². The molecule has 0 fully saturated rings. The van der Waals surface area contributed by atoms with Gasteiger partial charge in [-0.1, -0.05) is 42.0 Å². The first kappa shape index (κ1) is 20.6. The van der Waals surface area contributed by atoms with Crippen LogP contribution in [0.5, 0.6) is 0 Å². The number of benzene rings is 2. The fourth-order valence-corrected chi connectivity index (χ4v) is 2.88. The minimum absolute atomic E-state index is 0.0316. The van der Waals surface area contributed by atoms with E-state index in [0.717, 1.165) is 30.8 Å². The molecule has 27 heavy (non-hydrogen) atoms. The van der Waals surface area contributed by atoms with Gasteiger partial charge in [-0.25, -0.2) is 0 Å². The number of aryl methyl sites for hydroxylation is 1. The van der Waals surface area contributed by atoms with Gasteiger partial charge in [0.25, 0.3) is 5.91 Å². The van der Waals surface area contributed by atoms with E-state index < -0.39 is 0 Å². The topological polar surface area (TPSA) is 62.6 Å². The van der Waals surface area contributed by atoms with E-state index in [1.54, 1.807) is 17.0 Å². The third-order valence-corrected chi connectivity index (χ3v) is 4.66. The van der Waals surface area contributed by atoms with Gasteiger partial charge in [0.05, 0.1) is 19.6 Å². The molecular weight excluding hydrogens is 338 g/mol. The highest BCUT2D eigenvalue weighted by molar-refractivity contribution is 5.96. The maximum absolute atomic E-state index is 12.1. The molecule has 0 aromatic heterocycles. The number of carbonyl (C=O) groups excluding carboxylic acids is 2. The predicted molar refractivity (Wildman–Crippen MR) is 108 cm³/mol. The highest BCUT2D eigenvalue weighted by atomic mass is 16.2. The smallest absolute Gasteiger partial charge is 0.251 e. The Balaban J connectivity index is 1.76. The van der Waals surface area contributed by atoms with Crippen molar-refractivity contribution in [1.82, 2.24) is 10.6 Å². The van der Waals surface area contributed by atoms with Crippen LogP contribution in [0.4, 0.5) is 0 Å². The van der Waals surface area contributed by atoms with Crippen LogP contribution < -0.4 is 15.5 Å². The van der Waals surface area contributed by atoms with Gasteiger partial charge in [-0.2, -0.15) is 0 Å². The van der Waals surface area contributed by atoms with Gasteiger partial charge >= 0.3 is 0 Å². The molecule has 0 aliphatic heterocycles. The van der Waals surface area contributed by atoms with Crippen LogP contribution in [0.15, 0.2) is 48.5 Å². The van der Waals surface area contributed by atoms with Crippen LogP contribution in [0, 0.1) is 6.92 Å². The maximum atomic E-state index is 12.1. The molecule has 2 aromatic rings. The van der Waals surface area contributed by atoms with Crippen molar-refractivity contribution in [3.8, 4) is 0 Å². The zero-order valence-corrected chi connectivity index (χ0v) is 16.5. The first-order valence-electron chi connectivity index (χ1n) is 9.54. The number of carbonyl (C=O) groups is 2. The van der Waals surface area contributed by atoms with Crippen LogP contribution in [-0.4, -0.2) is 31.4 Å². The molecule has 2 amide bonds. The largest absolute Gasteiger partial charge is 0.350 e. The van der Waals surface area contributed by atoms with E-state index in [4.69, 9.17) is 0 Å². The number of hydrogen-bond acceptors (Lipinski definition) is 2. The lowest BCUT2D eigenvalue weighted by atomic mass is 10.1. The zero-order valence-electron chi connectivity index (χ0n) is 16.5. The Kier molecular flexibility index (Phi) is 8.01. The fourth-order valence-electron chi connectivity index (χ4n) is 2.88. The molecule has 144 valence electrons. The summed E-state index contributed by atoms with van der Waals surface area (Å²) in [5.41, 5.74) is 3.92. The first-order chi connectivity index (χ1) is 13.0. The average molecular weight is 369 g/mol. The molecule has 0 bridgehead atoms. The van der Waals surface area contributed by atoms with Crippen molar-refractivity contribution in [2.24, 2.45) is 0 Å². The Morgan fingerprint density at radius 1 is 0.926 bits per heavy atom. The summed E-state index contributed by atoms with van der Waals surface area (Å²) in [4.78, 5) is 25.6. The quantitative estimate of drug-likeness (QED) is 0.628. The van der Waals surface area contributed by atoms with E-state index in [2.05, 4.69) is 36.6 Å². The molecule has 2 rings (SSSR count). The Bertz CT molecular complexity index is 752. The third kappa shape index (κ3) is 6.87. The third-order valence-electron chi connectivity index (χ3n) is 4.66. The molecule has 0 radical (unpaired) electrons. The molecule has 3 N–H and O–H groups in total. The molecule has 0 saturated carbocycles. The highest BCUT2D eigenvalue weighted by Gasteiger charge is 2.08. The Morgan fingerprint density at radius 3 is 2.22 bits per heavy atom. The van der Waals surface area contributed by atoms with Crippen molar-refractivity contribution >= 4 is 11.8 Å². The molecule has 0 heterocycles. The van der Waals surface area contributed by atoms with Crippen molar-refractivity contribution in [3.05, 3.63) is 70.8 Å². The van der Waals surface area contributed by atoms with Gasteiger partial charge in [0.1, 0.15) is 6.54 Å². The molecule has 5 heteroatoms. The van der Waals surface area contributed by atoms with Crippen LogP contribution >= 0.6 is 0 Å². The van der Waals surface area contributed by atoms with Crippen LogP contribution in [0.25, 0.3) is 0 Å². The second-order valence-corrected chi connectivity index (χ2v) is 6.78. The first-order valence-corrected chi connectivity index (χ1v) is 9.54. The average Bonchev–Trinajstić information content (AvgIpc) is 2.69. The monoisotopic (exact) mass is 368 g/mol. The van der Waals surface area contributed by atoms with E-state index >= 15 is 0 Å². The number of quaternary nitrogens is 1. The van der Waals surface area contributed by atoms with Crippen LogP contribution in [0.3, 0.4) is 0 Å². The van der Waals surface area contributed by atoms with E-state index in [-0.39, 0.29) is 18.4 Å². The summed E-state index contributed by atoms with van der Waals surface area (Å²) in [5.74, 6) is -0.440. The Hall–Kier alpha value is -2.66. The van der Waals surface area contributed by atoms with Gasteiger partial charge in [-0.05, 0) is 38.5 Å². The standard InChI is InChI=1S/C22H29N3O2/c1-4-25(5-2)16-19-11-9-18(10-12-19)14-23-21(26)15-24-22(27)20-8-6-7-17(3)13-20/h6-13H,4-5,14-16H2,1-3H3,(H,23,26)(H,24,27)/p+1. The molecular formula is C22H30N3O2+. The summed E-state index contributed by atoms with van der Waals surface area (Å²) in [6.07, 6.45) is 0. The maximum Gasteiger partial charge on any atom is 0.251 e. The summed E-state index contributed by atoms with van der Waals surface area (Å²) in [7, 11) is 0. The number of nitrogens with one attached hydrogen (secondary N) is 3. The Morgan fingerprint density at radius 2 is 1.59 bits per heavy atom. The predicted octanol–water partition coefficient (Wildman–Crippen LogP) is 1.47. The lowest BCUT2D eigenvalue weighted by Gasteiger charge is -2.15. The minimum Gasteiger partial charge on any atom is -0.350 e. The van der Waals surface area contributed by atoms with Gasteiger partial charge in [-0.3, -0.25) is 9.59 Å². The number of rotatable bonds is 9. The van der Waals surface area contributed by atoms with E-state index in [1.807, 2.05) is 31.2 Å². The van der Waals surface area contributed by atoms with E-state index in [0.29, 0.717) is 12.1 Å². The number of amides is 2. The van der Waals surface area contributed by atoms with Crippen molar-refractivity contribution in [1.29, 1.82) is 0 Å². The molecule has 0 aliphatic rings. The molecule has 0 unspecified atom stereocenters. The molecule has 0 atom stereocenters. The van der Waals surface area contributed by atoms with Gasteiger partial charge in [0, 0.05) is 17.7 Å². The zero-order chi connectivity index (χ0) is 19.6. The van der Waals surface area contributed by atoms with Crippen LogP contribution in [0.2, 0.25) is 0 Å². The SMILES string of the molecule is CC[NH+](CC)Cc1ccc(CNC(=O)CNC(=O)c2cccc(C)c2)cc1. The lowest BCUT2D eigenvalue weighted by Crippen LogP contribution is -3.10. The summed E-state index contributed by atoms with van der Waals surface area (Å²) in [5, 5.41) is 5.49. The number of hydrogen-bond donors (Lipinski definition) is 3. The van der Waals surface area contributed by atoms with Crippen LogP contribution in [0.1, 0.15) is 40.9 Å². The van der Waals surface area contributed by atoms with Gasteiger partial charge in [-0.15, -0.1) is 0 Å². The second kappa shape index (κ2) is 10.5. The van der Waals surface area contributed by atoms with Gasteiger partial charge < -0.3 is 15.5 Å². The summed E-state index contributed by atoms with van der Waals surface area (Å²) >= 11 is 0. The second-order valence-electron chi connectivity index (χ2n) is 6.78. The van der Waals surface area contributed by atoms with Crippen molar-refractivity contribution in [2.75, 3.05) is 19.6 Å². The molecule has 0 spiro atoms. The molecule has 2 aromatic carbocycles. The van der Waals surface area contributed by atoms with Crippen molar-refractivity contribution in [2.45, 2.75) is 33.9 Å². The molecule has 0 aliphatic carbocycles. The summed E-state index contributed by atoms with van der Waals surface area (Å²) in [6, 6.07) is 15.6. The normalized spacial score (nSPS) is 10.7. The Labute approximate surface area is 161 Å². The fraction of sp³-hybridized carbons (Fsp3) is 0.364. The highest BCUT2D eigenvalue weighted by Crippen LogP contribution is 2.04. The molecule has 0 saturated heterocycles. The minimum atomic E-state index is -0.239. The molecule has 5 nitrogen and oxygen atoms in total. The van der Waals surface area contributed by atoms with Gasteiger partial charge in [0.15, 0.2) is 0 Å². The van der Waals surface area contributed by atoms with Crippen molar-refractivity contribution in [3.63, 3.8) is 0 Å².